The van der Waals surface area contributed by atoms with Crippen molar-refractivity contribution in [1.82, 2.24) is 4.98 Å². The Morgan fingerprint density at radius 1 is 1.19 bits per heavy atom. The zero-order chi connectivity index (χ0) is 26.5. The van der Waals surface area contributed by atoms with E-state index in [0.29, 0.717) is 6.42 Å². The summed E-state index contributed by atoms with van der Waals surface area (Å²) in [6.07, 6.45) is -0.455. The number of rotatable bonds is 3. The molecule has 1 aromatic rings. The van der Waals surface area contributed by atoms with E-state index in [1.54, 1.807) is 20.8 Å². The maximum Gasteiger partial charge on any atom is 0.340 e. The van der Waals surface area contributed by atoms with Crippen LogP contribution in [0.1, 0.15) is 64.2 Å². The van der Waals surface area contributed by atoms with Gasteiger partial charge in [-0.25, -0.2) is 4.79 Å². The lowest BCUT2D eigenvalue weighted by Gasteiger charge is -2.60. The number of carbonyl (C=O) groups is 1. The third-order valence-electron chi connectivity index (χ3n) is 11.4. The highest BCUT2D eigenvalue weighted by Crippen LogP contribution is 2.90. The summed E-state index contributed by atoms with van der Waals surface area (Å²) in [5.41, 5.74) is -15.3. The molecular weight excluding hydrogens is 470 g/mol. The summed E-state index contributed by atoms with van der Waals surface area (Å²) in [5, 5.41) is 74.1. The molecule has 10 nitrogen and oxygen atoms in total. The van der Waals surface area contributed by atoms with E-state index < -0.39 is 74.6 Å². The number of nitrogens with zero attached hydrogens (tertiary/aromatic N) is 1. The second kappa shape index (κ2) is 6.31. The molecule has 10 heteroatoms. The van der Waals surface area contributed by atoms with Crippen molar-refractivity contribution in [2.45, 2.75) is 99.9 Å². The summed E-state index contributed by atoms with van der Waals surface area (Å²) in [4.78, 5) is 17.2. The van der Waals surface area contributed by atoms with Gasteiger partial charge in [0.2, 0.25) is 0 Å². The second-order valence-corrected chi connectivity index (χ2v) is 12.6. The van der Waals surface area contributed by atoms with Gasteiger partial charge >= 0.3 is 5.97 Å². The number of pyridine rings is 1. The smallest absolute Gasteiger partial charge is 0.340 e. The van der Waals surface area contributed by atoms with Crippen LogP contribution in [0.3, 0.4) is 0 Å². The Bertz CT molecular complexity index is 1170. The molecule has 1 spiro atoms. The van der Waals surface area contributed by atoms with E-state index in [0.717, 1.165) is 0 Å². The van der Waals surface area contributed by atoms with Gasteiger partial charge in [-0.15, -0.1) is 0 Å². The quantitative estimate of drug-likeness (QED) is 0.304. The molecule has 2 aliphatic heterocycles. The number of hydrogen-bond donors (Lipinski definition) is 6. The Balaban J connectivity index is 1.67. The number of ether oxygens (including phenoxy) is 2. The van der Waals surface area contributed by atoms with Gasteiger partial charge in [-0.05, 0) is 43.7 Å². The molecule has 0 amide bonds. The summed E-state index contributed by atoms with van der Waals surface area (Å²) >= 11 is 0. The number of aromatic nitrogens is 1. The number of carbonyl (C=O) groups excluding carboxylic acids is 1. The van der Waals surface area contributed by atoms with E-state index in [9.17, 15) is 35.4 Å². The molecule has 6 aliphatic rings. The minimum absolute atomic E-state index is 0.0574. The molecule has 1 aromatic heterocycles. The third kappa shape index (κ3) is 1.81. The first-order valence-corrected chi connectivity index (χ1v) is 12.6. The molecule has 2 saturated heterocycles. The molecule has 3 heterocycles. The zero-order valence-corrected chi connectivity index (χ0v) is 21.1. The van der Waals surface area contributed by atoms with Gasteiger partial charge in [-0.1, -0.05) is 27.7 Å². The minimum atomic E-state index is -2.60. The lowest BCUT2D eigenvalue weighted by Crippen LogP contribution is -2.75. The molecule has 6 N–H and O–H groups in total. The van der Waals surface area contributed by atoms with Gasteiger partial charge in [0.15, 0.2) is 17.5 Å². The molecule has 6 fully saturated rings. The molecule has 4 aliphatic carbocycles. The first-order chi connectivity index (χ1) is 16.5. The van der Waals surface area contributed by atoms with Crippen LogP contribution in [0.4, 0.5) is 0 Å². The average Bonchev–Trinajstić information content (AvgIpc) is 3.06. The Morgan fingerprint density at radius 2 is 1.86 bits per heavy atom. The van der Waals surface area contributed by atoms with Gasteiger partial charge in [0, 0.05) is 24.2 Å². The van der Waals surface area contributed by atoms with Gasteiger partial charge in [-0.2, -0.15) is 0 Å². The first-order valence-electron chi connectivity index (χ1n) is 12.6. The molecular formula is C26H35NO9. The van der Waals surface area contributed by atoms with Gasteiger partial charge in [-0.3, -0.25) is 4.98 Å². The fourth-order valence-corrected chi connectivity index (χ4v) is 9.59. The van der Waals surface area contributed by atoms with Crippen molar-refractivity contribution in [3.05, 3.63) is 30.1 Å². The summed E-state index contributed by atoms with van der Waals surface area (Å²) in [6, 6.07) is 3.00. The van der Waals surface area contributed by atoms with Gasteiger partial charge in [0.25, 0.3) is 0 Å². The van der Waals surface area contributed by atoms with Crippen molar-refractivity contribution in [1.29, 1.82) is 0 Å². The molecule has 198 valence electrons. The summed E-state index contributed by atoms with van der Waals surface area (Å²) in [6.45, 7) is 7.89. The van der Waals surface area contributed by atoms with E-state index in [2.05, 4.69) is 4.98 Å². The maximum atomic E-state index is 13.3. The molecule has 7 rings (SSSR count). The third-order valence-corrected chi connectivity index (χ3v) is 11.4. The summed E-state index contributed by atoms with van der Waals surface area (Å²) in [7, 11) is 0. The lowest BCUT2D eigenvalue weighted by molar-refractivity contribution is -0.390. The first kappa shape index (κ1) is 24.7. The van der Waals surface area contributed by atoms with Crippen molar-refractivity contribution < 1.29 is 44.9 Å². The highest BCUT2D eigenvalue weighted by atomic mass is 16.7. The van der Waals surface area contributed by atoms with Crippen molar-refractivity contribution in [2.75, 3.05) is 0 Å². The van der Waals surface area contributed by atoms with Crippen molar-refractivity contribution in [3.63, 3.8) is 0 Å². The van der Waals surface area contributed by atoms with Crippen LogP contribution in [0, 0.1) is 22.7 Å². The maximum absolute atomic E-state index is 13.3. The van der Waals surface area contributed by atoms with E-state index in [-0.39, 0.29) is 18.4 Å². The van der Waals surface area contributed by atoms with Crippen molar-refractivity contribution >= 4 is 5.97 Å². The topological polar surface area (TPSA) is 170 Å². The number of esters is 1. The molecule has 0 unspecified atom stereocenters. The van der Waals surface area contributed by atoms with Crippen LogP contribution in [-0.4, -0.2) is 87.6 Å². The predicted octanol–water partition coefficient (Wildman–Crippen LogP) is -0.121. The predicted molar refractivity (Wildman–Crippen MR) is 122 cm³/mol. The number of hydrogen-bond acceptors (Lipinski definition) is 10. The Morgan fingerprint density at radius 3 is 2.44 bits per heavy atom. The normalized spacial score (nSPS) is 58.4. The average molecular weight is 506 g/mol. The standard InChI is InChI=1S/C26H35NO9/c1-13(2)23(32)18(35-17(29)15-7-6-10-27-11-15)24(33)19(4)12-22(31)20(23,5)26(24,34)25(36-22)16(28)14(3)8-9-21(19,25)30/h6-7,10-11,13-14,16,18,28,30-34H,8-9,12H2,1-5H3/t14-,16+,18+,19+,20-,21-,22+,23+,24+,25+,26+/m0/s1. The summed E-state index contributed by atoms with van der Waals surface area (Å²) < 4.78 is 12.1. The SMILES string of the molecule is CC(C)[C@@]1(O)[C@@H](OC(=O)c2cccnc2)[C@@]2(O)[C@]3(C)C[C@@]4(O)O[C@@]5([C@H](O)[C@@H](C)CC[C@]35O)[C@@]2(O)[C@@]41C. The van der Waals surface area contributed by atoms with E-state index in [1.165, 1.54) is 38.4 Å². The molecule has 0 radical (unpaired) electrons. The lowest BCUT2D eigenvalue weighted by atomic mass is 9.52. The van der Waals surface area contributed by atoms with E-state index >= 15 is 0 Å². The summed E-state index contributed by atoms with van der Waals surface area (Å²) in [5.74, 6) is -4.39. The fourth-order valence-electron chi connectivity index (χ4n) is 9.59. The van der Waals surface area contributed by atoms with Crippen LogP contribution in [0.25, 0.3) is 0 Å². The van der Waals surface area contributed by atoms with Crippen LogP contribution >= 0.6 is 0 Å². The largest absolute Gasteiger partial charge is 0.452 e. The molecule has 36 heavy (non-hydrogen) atoms. The molecule has 6 bridgehead atoms. The van der Waals surface area contributed by atoms with Crippen LogP contribution in [0.2, 0.25) is 0 Å². The zero-order valence-electron chi connectivity index (χ0n) is 21.1. The molecule has 0 aromatic carbocycles. The van der Waals surface area contributed by atoms with E-state index in [1.807, 2.05) is 0 Å². The van der Waals surface area contributed by atoms with E-state index in [4.69, 9.17) is 9.47 Å². The van der Waals surface area contributed by atoms with Crippen LogP contribution in [-0.2, 0) is 9.47 Å². The van der Waals surface area contributed by atoms with Crippen molar-refractivity contribution in [2.24, 2.45) is 22.7 Å². The second-order valence-electron chi connectivity index (χ2n) is 12.6. The Kier molecular flexibility index (Phi) is 4.32. The monoisotopic (exact) mass is 505 g/mol. The number of aliphatic hydroxyl groups is 6. The Hall–Kier alpha value is -1.66. The van der Waals surface area contributed by atoms with Gasteiger partial charge in [0.1, 0.15) is 22.4 Å². The van der Waals surface area contributed by atoms with Crippen LogP contribution in [0.5, 0.6) is 0 Å². The highest BCUT2D eigenvalue weighted by Gasteiger charge is 3.10. The van der Waals surface area contributed by atoms with Crippen LogP contribution in [0.15, 0.2) is 24.5 Å². The van der Waals surface area contributed by atoms with Gasteiger partial charge in [0.05, 0.1) is 17.1 Å². The van der Waals surface area contributed by atoms with Gasteiger partial charge < -0.3 is 40.1 Å². The minimum Gasteiger partial charge on any atom is -0.452 e. The molecule has 11 atom stereocenters. The van der Waals surface area contributed by atoms with Crippen LogP contribution < -0.4 is 0 Å². The molecule has 4 saturated carbocycles. The highest BCUT2D eigenvalue weighted by molar-refractivity contribution is 5.89. The van der Waals surface area contributed by atoms with Crippen molar-refractivity contribution in [3.8, 4) is 0 Å². The number of aliphatic hydroxyl groups excluding tert-OH is 1. The fraction of sp³-hybridized carbons (Fsp3) is 0.769. The Labute approximate surface area is 208 Å².